The molecule has 11 heteroatoms. The van der Waals surface area contributed by atoms with Crippen LogP contribution >= 0.6 is 0 Å². The van der Waals surface area contributed by atoms with E-state index in [1.165, 1.54) is 36.3 Å². The number of nitrogens with one attached hydrogen (secondary N) is 2. The first kappa shape index (κ1) is 26.7. The molecule has 10 nitrogen and oxygen atoms in total. The van der Waals surface area contributed by atoms with Gasteiger partial charge in [0, 0.05) is 43.2 Å². The normalized spacial score (nSPS) is 13.8. The van der Waals surface area contributed by atoms with E-state index in [2.05, 4.69) is 10.3 Å². The van der Waals surface area contributed by atoms with Gasteiger partial charge in [-0.1, -0.05) is 12.1 Å². The fourth-order valence-corrected chi connectivity index (χ4v) is 6.36. The van der Waals surface area contributed by atoms with E-state index in [0.29, 0.717) is 22.7 Å². The number of methoxy groups -OCH3 is 1. The maximum atomic E-state index is 13.9. The molecule has 198 valence electrons. The van der Waals surface area contributed by atoms with Gasteiger partial charge in [0.15, 0.2) is 0 Å². The van der Waals surface area contributed by atoms with Gasteiger partial charge in [-0.25, -0.2) is 13.2 Å². The second kappa shape index (κ2) is 10.2. The van der Waals surface area contributed by atoms with Crippen molar-refractivity contribution in [3.8, 4) is 5.75 Å². The van der Waals surface area contributed by atoms with Gasteiger partial charge in [-0.3, -0.25) is 9.59 Å². The van der Waals surface area contributed by atoms with Gasteiger partial charge >= 0.3 is 5.97 Å². The van der Waals surface area contributed by atoms with Crippen molar-refractivity contribution in [3.05, 3.63) is 70.5 Å². The van der Waals surface area contributed by atoms with Gasteiger partial charge in [0.2, 0.25) is 15.7 Å². The highest BCUT2D eigenvalue weighted by atomic mass is 32.2. The summed E-state index contributed by atoms with van der Waals surface area (Å²) < 4.78 is 33.0. The van der Waals surface area contributed by atoms with E-state index >= 15 is 0 Å². The predicted molar refractivity (Wildman–Crippen MR) is 141 cm³/mol. The molecule has 0 fully saturated rings. The van der Waals surface area contributed by atoms with Gasteiger partial charge < -0.3 is 25.0 Å². The van der Waals surface area contributed by atoms with Crippen molar-refractivity contribution < 1.29 is 32.6 Å². The summed E-state index contributed by atoms with van der Waals surface area (Å²) in [6, 6.07) is 10.5. The molecule has 0 atom stereocenters. The average molecular weight is 538 g/mol. The van der Waals surface area contributed by atoms with Crippen LogP contribution in [0.3, 0.4) is 0 Å². The minimum absolute atomic E-state index is 0.000169. The van der Waals surface area contributed by atoms with Crippen LogP contribution in [0.2, 0.25) is 0 Å². The minimum Gasteiger partial charge on any atom is -0.497 e. The highest BCUT2D eigenvalue weighted by Gasteiger charge is 2.32. The molecule has 3 aromatic rings. The topological polar surface area (TPSA) is 146 Å². The number of hydrogen-bond acceptors (Lipinski definition) is 6. The zero-order valence-electron chi connectivity index (χ0n) is 21.3. The Morgan fingerprint density at radius 2 is 1.84 bits per heavy atom. The number of ether oxygens (including phenoxy) is 1. The number of amides is 2. The lowest BCUT2D eigenvalue weighted by Gasteiger charge is -2.13. The first-order valence-corrected chi connectivity index (χ1v) is 13.1. The number of aromatic carboxylic acids is 1. The zero-order valence-corrected chi connectivity index (χ0v) is 22.1. The fraction of sp³-hybridized carbons (Fsp3) is 0.222. The number of aromatic nitrogens is 1. The Balaban J connectivity index is 1.93. The van der Waals surface area contributed by atoms with Crippen LogP contribution in [0.1, 0.15) is 39.3 Å². The standard InChI is InChI=1S/C27H27N3O7S/c1-15-25(38(35,36)23-8-6-5-7-18(23)27(33)34)17(10-12-24(31)30(2)3)22(28-15)14-20-19-13-16(37-4)9-11-21(19)29-26(20)32/h5-9,11,13-14,28H,10,12H2,1-4H3,(H,29,32)(H,33,34)/b20-14+. The molecule has 38 heavy (non-hydrogen) atoms. The van der Waals surface area contributed by atoms with Gasteiger partial charge in [-0.15, -0.1) is 0 Å². The molecular formula is C27H27N3O7S. The van der Waals surface area contributed by atoms with Crippen molar-refractivity contribution in [2.45, 2.75) is 29.6 Å². The molecule has 2 heterocycles. The Morgan fingerprint density at radius 1 is 1.13 bits per heavy atom. The minimum atomic E-state index is -4.33. The molecule has 0 aliphatic carbocycles. The molecule has 0 saturated carbocycles. The number of carboxylic acid groups (broad SMARTS) is 1. The summed E-state index contributed by atoms with van der Waals surface area (Å²) in [4.78, 5) is 41.1. The van der Waals surface area contributed by atoms with Crippen molar-refractivity contribution in [3.63, 3.8) is 0 Å². The van der Waals surface area contributed by atoms with Crippen LogP contribution in [0.5, 0.6) is 5.75 Å². The van der Waals surface area contributed by atoms with Gasteiger partial charge in [0.25, 0.3) is 5.91 Å². The second-order valence-electron chi connectivity index (χ2n) is 8.99. The van der Waals surface area contributed by atoms with Crippen LogP contribution in [0.15, 0.2) is 52.3 Å². The summed E-state index contributed by atoms with van der Waals surface area (Å²) in [7, 11) is 0.379. The number of H-pyrrole nitrogens is 1. The third kappa shape index (κ3) is 4.80. The largest absolute Gasteiger partial charge is 0.497 e. The summed E-state index contributed by atoms with van der Waals surface area (Å²) in [5, 5.41) is 12.4. The van der Waals surface area contributed by atoms with Crippen molar-refractivity contribution in [1.29, 1.82) is 0 Å². The molecule has 0 spiro atoms. The van der Waals surface area contributed by atoms with E-state index in [9.17, 15) is 27.9 Å². The van der Waals surface area contributed by atoms with Crippen molar-refractivity contribution in [2.24, 2.45) is 0 Å². The first-order chi connectivity index (χ1) is 17.9. The number of hydrogen-bond donors (Lipinski definition) is 3. The van der Waals surface area contributed by atoms with Gasteiger partial charge in [-0.05, 0) is 55.3 Å². The van der Waals surface area contributed by atoms with Crippen LogP contribution in [-0.2, 0) is 25.8 Å². The number of rotatable bonds is 8. The molecule has 2 amide bonds. The molecule has 0 radical (unpaired) electrons. The van der Waals surface area contributed by atoms with Gasteiger partial charge in [0.05, 0.1) is 28.0 Å². The van der Waals surface area contributed by atoms with E-state index in [1.54, 1.807) is 45.3 Å². The van der Waals surface area contributed by atoms with E-state index in [-0.39, 0.29) is 56.8 Å². The number of carbonyl (C=O) groups excluding carboxylic acids is 2. The number of fused-ring (bicyclic) bond motifs is 1. The Labute approximate surface area is 219 Å². The van der Waals surface area contributed by atoms with E-state index < -0.39 is 15.8 Å². The van der Waals surface area contributed by atoms with Crippen molar-refractivity contribution >= 4 is 45.0 Å². The third-order valence-corrected chi connectivity index (χ3v) is 8.35. The SMILES string of the molecule is COc1ccc2c(c1)/C(=C\c1[nH]c(C)c(S(=O)(=O)c3ccccc3C(=O)O)c1CCC(=O)N(C)C)C(=O)N2. The Hall–Kier alpha value is -4.38. The maximum Gasteiger partial charge on any atom is 0.337 e. The molecular weight excluding hydrogens is 510 g/mol. The van der Waals surface area contributed by atoms with Crippen LogP contribution in [-0.4, -0.2) is 62.4 Å². The fourth-order valence-electron chi connectivity index (χ4n) is 4.44. The summed E-state index contributed by atoms with van der Waals surface area (Å²) in [6.45, 7) is 1.56. The second-order valence-corrected chi connectivity index (χ2v) is 10.8. The zero-order chi connectivity index (χ0) is 27.8. The number of carbonyl (C=O) groups is 3. The van der Waals surface area contributed by atoms with Crippen LogP contribution in [0.4, 0.5) is 5.69 Å². The molecule has 0 bridgehead atoms. The smallest absolute Gasteiger partial charge is 0.337 e. The Bertz CT molecular complexity index is 1600. The number of anilines is 1. The summed E-state index contributed by atoms with van der Waals surface area (Å²) in [5.74, 6) is -1.43. The van der Waals surface area contributed by atoms with Crippen LogP contribution < -0.4 is 10.1 Å². The number of aryl methyl sites for hydroxylation is 1. The Morgan fingerprint density at radius 3 is 2.50 bits per heavy atom. The number of sulfone groups is 1. The number of nitrogens with zero attached hydrogens (tertiary/aromatic N) is 1. The van der Waals surface area contributed by atoms with E-state index in [0.717, 1.165) is 0 Å². The molecule has 1 aliphatic rings. The monoisotopic (exact) mass is 537 g/mol. The van der Waals surface area contributed by atoms with Crippen LogP contribution in [0.25, 0.3) is 11.6 Å². The molecule has 1 aromatic heterocycles. The van der Waals surface area contributed by atoms with Crippen molar-refractivity contribution in [1.82, 2.24) is 9.88 Å². The summed E-state index contributed by atoms with van der Waals surface area (Å²) >= 11 is 0. The van der Waals surface area contributed by atoms with E-state index in [1.807, 2.05) is 0 Å². The molecule has 2 aromatic carbocycles. The van der Waals surface area contributed by atoms with Gasteiger partial charge in [-0.2, -0.15) is 0 Å². The van der Waals surface area contributed by atoms with Crippen LogP contribution in [0, 0.1) is 6.92 Å². The van der Waals surface area contributed by atoms with Crippen molar-refractivity contribution in [2.75, 3.05) is 26.5 Å². The third-order valence-electron chi connectivity index (χ3n) is 6.32. The molecule has 1 aliphatic heterocycles. The lowest BCUT2D eigenvalue weighted by molar-refractivity contribution is -0.128. The lowest BCUT2D eigenvalue weighted by Crippen LogP contribution is -2.22. The lowest BCUT2D eigenvalue weighted by atomic mass is 10.0. The highest BCUT2D eigenvalue weighted by Crippen LogP contribution is 2.38. The molecule has 3 N–H and O–H groups in total. The molecule has 4 rings (SSSR count). The maximum absolute atomic E-state index is 13.9. The average Bonchev–Trinajstić information content (AvgIpc) is 3.37. The van der Waals surface area contributed by atoms with Gasteiger partial charge in [0.1, 0.15) is 5.75 Å². The number of carboxylic acids is 1. The predicted octanol–water partition coefficient (Wildman–Crippen LogP) is 3.38. The molecule has 0 unspecified atom stereocenters. The number of aromatic amines is 1. The summed E-state index contributed by atoms with van der Waals surface area (Å²) in [6.07, 6.45) is 1.59. The quantitative estimate of drug-likeness (QED) is 0.374. The van der Waals surface area contributed by atoms with E-state index in [4.69, 9.17) is 4.74 Å². The number of benzene rings is 2. The molecule has 0 saturated heterocycles. The highest BCUT2D eigenvalue weighted by molar-refractivity contribution is 7.91. The Kier molecular flexibility index (Phi) is 7.14. The summed E-state index contributed by atoms with van der Waals surface area (Å²) in [5.41, 5.74) is 1.97. The first-order valence-electron chi connectivity index (χ1n) is 11.7.